The first-order valence-corrected chi connectivity index (χ1v) is 35.8. The minimum absolute atomic E-state index is 0.237. The van der Waals surface area contributed by atoms with Crippen molar-refractivity contribution >= 4 is 33.8 Å². The van der Waals surface area contributed by atoms with Crippen molar-refractivity contribution in [1.29, 1.82) is 0 Å². The van der Waals surface area contributed by atoms with Crippen LogP contribution in [-0.4, -0.2) is 164 Å². The molecule has 1 aliphatic heterocycles. The van der Waals surface area contributed by atoms with Crippen molar-refractivity contribution in [2.24, 2.45) is 0 Å². The van der Waals surface area contributed by atoms with Crippen LogP contribution in [0.4, 0.5) is 0 Å². The number of piperazine rings is 1. The second-order valence-electron chi connectivity index (χ2n) is 24.5. The molecular weight excluding hydrogens is 1010 g/mol. The molecule has 1 heterocycles. The number of carbonyl (C=O) groups is 2. The molecule has 1 rings (SSSR count). The SMILES string of the molecule is CCCCCCCCCCC(O)CN(CCCC(=O)SCCN1CC(C)N(CCSC(=O)CCCN(CC(O)CCCCCCCCCC)CC(O)CCCCCCCCCC)CC1C)CC(O)CCCCCCCCCC. The molecular formula is C66H132N4O6S2. The van der Waals surface area contributed by atoms with Crippen molar-refractivity contribution in [3.8, 4) is 0 Å². The van der Waals surface area contributed by atoms with Crippen molar-refractivity contribution in [1.82, 2.24) is 19.6 Å². The topological polar surface area (TPSA) is 128 Å². The summed E-state index contributed by atoms with van der Waals surface area (Å²) in [5.74, 6) is 1.57. The maximum atomic E-state index is 13.2. The lowest BCUT2D eigenvalue weighted by Crippen LogP contribution is -2.57. The van der Waals surface area contributed by atoms with Crippen molar-refractivity contribution in [2.75, 3.05) is 77.0 Å². The van der Waals surface area contributed by atoms with Gasteiger partial charge in [-0.3, -0.25) is 29.2 Å². The third-order valence-corrected chi connectivity index (χ3v) is 18.5. The first-order valence-electron chi connectivity index (χ1n) is 33.9. The Balaban J connectivity index is 2.51. The standard InChI is InChI=1S/C66H132N4O6S2/c1-7-11-15-19-23-27-31-35-41-61(71)55-67(56-62(72)42-36-32-28-24-20-16-12-8-2)47-39-45-65(75)77-51-49-69-53-60(6)70(54-59(69)5)50-52-78-66(76)46-40-48-68(57-63(73)43-37-33-29-25-21-17-13-9-3)58-64(74)44-38-34-30-26-22-18-14-10-4/h59-64,71-74H,7-58H2,1-6H3. The molecule has 1 saturated heterocycles. The fourth-order valence-electron chi connectivity index (χ4n) is 11.6. The van der Waals surface area contributed by atoms with Gasteiger partial charge in [-0.15, -0.1) is 0 Å². The molecule has 0 aromatic carbocycles. The van der Waals surface area contributed by atoms with Crippen LogP contribution in [0.5, 0.6) is 0 Å². The van der Waals surface area contributed by atoms with Gasteiger partial charge in [-0.2, -0.15) is 0 Å². The van der Waals surface area contributed by atoms with Crippen LogP contribution in [0.2, 0.25) is 0 Å². The molecule has 12 heteroatoms. The Morgan fingerprint density at radius 2 is 0.615 bits per heavy atom. The molecule has 1 aliphatic rings. The van der Waals surface area contributed by atoms with Crippen LogP contribution in [0.3, 0.4) is 0 Å². The molecule has 0 aromatic heterocycles. The number of rotatable bonds is 58. The van der Waals surface area contributed by atoms with Gasteiger partial charge in [-0.05, 0) is 65.5 Å². The number of nitrogens with zero attached hydrogens (tertiary/aromatic N) is 4. The zero-order valence-corrected chi connectivity index (χ0v) is 54.1. The molecule has 6 unspecified atom stereocenters. The quantitative estimate of drug-likeness (QED) is 0.0433. The summed E-state index contributed by atoms with van der Waals surface area (Å²) in [6, 6.07) is 0.756. The summed E-state index contributed by atoms with van der Waals surface area (Å²) in [6.07, 6.45) is 44.2. The van der Waals surface area contributed by atoms with Gasteiger partial charge >= 0.3 is 0 Å². The summed E-state index contributed by atoms with van der Waals surface area (Å²) in [7, 11) is 0. The number of aliphatic hydroxyl groups excluding tert-OH is 4. The van der Waals surface area contributed by atoms with Crippen molar-refractivity contribution in [3.05, 3.63) is 0 Å². The van der Waals surface area contributed by atoms with Crippen molar-refractivity contribution in [2.45, 2.75) is 335 Å². The van der Waals surface area contributed by atoms with Crippen LogP contribution in [0.15, 0.2) is 0 Å². The maximum absolute atomic E-state index is 13.2. The Morgan fingerprint density at radius 3 is 0.859 bits per heavy atom. The largest absolute Gasteiger partial charge is 0.392 e. The smallest absolute Gasteiger partial charge is 0.189 e. The van der Waals surface area contributed by atoms with E-state index in [4.69, 9.17) is 0 Å². The predicted octanol–water partition coefficient (Wildman–Crippen LogP) is 15.6. The van der Waals surface area contributed by atoms with Crippen LogP contribution >= 0.6 is 23.5 Å². The van der Waals surface area contributed by atoms with Gasteiger partial charge in [-0.1, -0.05) is 257 Å². The Kier molecular flexibility index (Phi) is 53.1. The Labute approximate surface area is 492 Å². The predicted molar refractivity (Wildman–Crippen MR) is 341 cm³/mol. The number of thioether (sulfide) groups is 2. The number of hydrogen-bond acceptors (Lipinski definition) is 12. The highest BCUT2D eigenvalue weighted by Crippen LogP contribution is 2.21. The lowest BCUT2D eigenvalue weighted by atomic mass is 10.0. The fourth-order valence-corrected chi connectivity index (χ4v) is 13.3. The van der Waals surface area contributed by atoms with Crippen LogP contribution in [0.25, 0.3) is 0 Å². The van der Waals surface area contributed by atoms with Gasteiger partial charge in [0, 0.05) is 88.8 Å². The average molecular weight is 1140 g/mol. The van der Waals surface area contributed by atoms with Crippen LogP contribution in [0.1, 0.15) is 298 Å². The number of aliphatic hydroxyl groups is 4. The van der Waals surface area contributed by atoms with Crippen molar-refractivity contribution in [3.63, 3.8) is 0 Å². The molecule has 78 heavy (non-hydrogen) atoms. The van der Waals surface area contributed by atoms with E-state index in [1.54, 1.807) is 0 Å². The molecule has 464 valence electrons. The van der Waals surface area contributed by atoms with E-state index < -0.39 is 24.4 Å². The van der Waals surface area contributed by atoms with Gasteiger partial charge in [0.2, 0.25) is 0 Å². The van der Waals surface area contributed by atoms with Gasteiger partial charge in [0.1, 0.15) is 0 Å². The minimum Gasteiger partial charge on any atom is -0.392 e. The monoisotopic (exact) mass is 1140 g/mol. The summed E-state index contributed by atoms with van der Waals surface area (Å²) in [4.78, 5) is 35.8. The van der Waals surface area contributed by atoms with Crippen LogP contribution in [-0.2, 0) is 9.59 Å². The molecule has 1 fully saturated rings. The molecule has 6 atom stereocenters. The molecule has 0 saturated carbocycles. The maximum Gasteiger partial charge on any atom is 0.189 e. The molecule has 0 amide bonds. The van der Waals surface area contributed by atoms with E-state index >= 15 is 0 Å². The van der Waals surface area contributed by atoms with E-state index in [1.807, 2.05) is 0 Å². The third-order valence-electron chi connectivity index (χ3n) is 16.7. The zero-order chi connectivity index (χ0) is 57.1. The van der Waals surface area contributed by atoms with Crippen LogP contribution in [0, 0.1) is 0 Å². The van der Waals surface area contributed by atoms with E-state index in [9.17, 15) is 30.0 Å². The summed E-state index contributed by atoms with van der Waals surface area (Å²) in [5.41, 5.74) is 0. The molecule has 0 spiro atoms. The highest BCUT2D eigenvalue weighted by atomic mass is 32.2. The van der Waals surface area contributed by atoms with E-state index in [-0.39, 0.29) is 10.2 Å². The highest BCUT2D eigenvalue weighted by molar-refractivity contribution is 8.13. The van der Waals surface area contributed by atoms with Gasteiger partial charge in [0.05, 0.1) is 24.4 Å². The fraction of sp³-hybridized carbons (Fsp3) is 0.970. The van der Waals surface area contributed by atoms with Gasteiger partial charge in [0.25, 0.3) is 0 Å². The summed E-state index contributed by atoms with van der Waals surface area (Å²) >= 11 is 2.92. The third kappa shape index (κ3) is 46.1. The average Bonchev–Trinajstić information content (AvgIpc) is 3.40. The normalized spacial score (nSPS) is 17.1. The zero-order valence-electron chi connectivity index (χ0n) is 52.4. The molecule has 0 aliphatic carbocycles. The summed E-state index contributed by atoms with van der Waals surface area (Å²) < 4.78 is 0. The Hall–Kier alpha value is -0.280. The Morgan fingerprint density at radius 1 is 0.385 bits per heavy atom. The van der Waals surface area contributed by atoms with Crippen LogP contribution < -0.4 is 0 Å². The van der Waals surface area contributed by atoms with Crippen molar-refractivity contribution < 1.29 is 30.0 Å². The van der Waals surface area contributed by atoms with Gasteiger partial charge in [-0.25, -0.2) is 0 Å². The second-order valence-corrected chi connectivity index (χ2v) is 26.8. The minimum atomic E-state index is -0.398. The van der Waals surface area contributed by atoms with Gasteiger partial charge < -0.3 is 20.4 Å². The first-order chi connectivity index (χ1) is 37.9. The lowest BCUT2D eigenvalue weighted by molar-refractivity contribution is -0.112. The van der Waals surface area contributed by atoms with E-state index in [0.29, 0.717) is 51.1 Å². The molecule has 0 aromatic rings. The molecule has 0 radical (unpaired) electrons. The number of carbonyl (C=O) groups excluding carboxylic acids is 2. The lowest BCUT2D eigenvalue weighted by Gasteiger charge is -2.44. The Bertz CT molecular complexity index is 1170. The summed E-state index contributed by atoms with van der Waals surface area (Å²) in [5, 5.41) is 44.7. The van der Waals surface area contributed by atoms with E-state index in [2.05, 4.69) is 61.1 Å². The number of hydrogen-bond donors (Lipinski definition) is 4. The first kappa shape index (κ1) is 75.7. The summed E-state index contributed by atoms with van der Waals surface area (Å²) in [6.45, 7) is 21.0. The van der Waals surface area contributed by atoms with E-state index in [0.717, 1.165) is 115 Å². The highest BCUT2D eigenvalue weighted by Gasteiger charge is 2.29. The second kappa shape index (κ2) is 54.6. The van der Waals surface area contributed by atoms with E-state index in [1.165, 1.54) is 203 Å². The molecule has 0 bridgehead atoms. The number of unbranched alkanes of at least 4 members (excludes halogenated alkanes) is 28. The molecule has 4 N–H and O–H groups in total. The van der Waals surface area contributed by atoms with Gasteiger partial charge in [0.15, 0.2) is 10.2 Å². The molecule has 10 nitrogen and oxygen atoms in total.